The minimum atomic E-state index is -0.330. The van der Waals surface area contributed by atoms with Crippen LogP contribution in [-0.4, -0.2) is 24.9 Å². The molecule has 28 heavy (non-hydrogen) atoms. The van der Waals surface area contributed by atoms with Gasteiger partial charge in [0.25, 0.3) is 5.91 Å². The van der Waals surface area contributed by atoms with Gasteiger partial charge in [-0.3, -0.25) is 4.79 Å². The van der Waals surface area contributed by atoms with E-state index in [0.29, 0.717) is 21.9 Å². The van der Waals surface area contributed by atoms with Gasteiger partial charge in [0.2, 0.25) is 0 Å². The van der Waals surface area contributed by atoms with Crippen molar-refractivity contribution in [3.63, 3.8) is 0 Å². The number of rotatable bonds is 3. The van der Waals surface area contributed by atoms with Crippen LogP contribution in [0.5, 0.6) is 0 Å². The van der Waals surface area contributed by atoms with Crippen LogP contribution in [0.25, 0.3) is 33.0 Å². The van der Waals surface area contributed by atoms with Crippen molar-refractivity contribution in [3.05, 3.63) is 96.3 Å². The molecule has 0 aliphatic heterocycles. The molecule has 0 N–H and O–H groups in total. The molecule has 0 aliphatic rings. The van der Waals surface area contributed by atoms with Gasteiger partial charge in [-0.05, 0) is 33.7 Å². The molecule has 0 bridgehead atoms. The second-order valence-electron chi connectivity index (χ2n) is 6.94. The molecular weight excluding hydrogens is 349 g/mol. The average molecular weight is 369 g/mol. The summed E-state index contributed by atoms with van der Waals surface area (Å²) in [6.07, 6.45) is 0. The first-order valence-electron chi connectivity index (χ1n) is 9.15. The monoisotopic (exact) mass is 369 g/mol. The van der Waals surface area contributed by atoms with Crippen molar-refractivity contribution < 1.29 is 9.18 Å². The predicted molar refractivity (Wildman–Crippen MR) is 113 cm³/mol. The Bertz CT molecular complexity index is 1170. The standard InChI is InChI=1S/C25H20FNO/c1-27(2)25(28)24-21-15-9-8-14-20(21)23(26)16-22(24)19-13-7-6-12-18(19)17-10-4-3-5-11-17/h3-16H,1-2H3. The summed E-state index contributed by atoms with van der Waals surface area (Å²) < 4.78 is 15.0. The van der Waals surface area contributed by atoms with E-state index in [1.807, 2.05) is 66.7 Å². The minimum absolute atomic E-state index is 0.144. The second kappa shape index (κ2) is 7.28. The molecule has 0 atom stereocenters. The van der Waals surface area contributed by atoms with Gasteiger partial charge in [0.15, 0.2) is 0 Å². The number of hydrogen-bond acceptors (Lipinski definition) is 1. The summed E-state index contributed by atoms with van der Waals surface area (Å²) in [5.74, 6) is -0.474. The molecule has 4 aromatic carbocycles. The molecule has 0 aliphatic carbocycles. The van der Waals surface area contributed by atoms with Gasteiger partial charge in [-0.1, -0.05) is 78.9 Å². The van der Waals surface area contributed by atoms with Crippen molar-refractivity contribution in [3.8, 4) is 22.3 Å². The molecule has 0 saturated carbocycles. The lowest BCUT2D eigenvalue weighted by atomic mass is 9.88. The Morgan fingerprint density at radius 1 is 0.714 bits per heavy atom. The SMILES string of the molecule is CN(C)C(=O)c1c(-c2ccccc2-c2ccccc2)cc(F)c2ccccc12. The van der Waals surface area contributed by atoms with Gasteiger partial charge >= 0.3 is 0 Å². The molecule has 0 fully saturated rings. The van der Waals surface area contributed by atoms with E-state index in [1.165, 1.54) is 11.0 Å². The third kappa shape index (κ3) is 3.05. The Labute approximate surface area is 163 Å². The molecule has 0 spiro atoms. The Hall–Kier alpha value is -3.46. The summed E-state index contributed by atoms with van der Waals surface area (Å²) in [6, 6.07) is 26.4. The van der Waals surface area contributed by atoms with Gasteiger partial charge in [0, 0.05) is 19.5 Å². The van der Waals surface area contributed by atoms with Crippen molar-refractivity contribution in [1.82, 2.24) is 4.90 Å². The fourth-order valence-corrected chi connectivity index (χ4v) is 3.58. The van der Waals surface area contributed by atoms with Crippen LogP contribution >= 0.6 is 0 Å². The lowest BCUT2D eigenvalue weighted by Gasteiger charge is -2.19. The maximum atomic E-state index is 15.0. The summed E-state index contributed by atoms with van der Waals surface area (Å²) in [6.45, 7) is 0. The number of nitrogens with zero attached hydrogens (tertiary/aromatic N) is 1. The first-order chi connectivity index (χ1) is 13.6. The highest BCUT2D eigenvalue weighted by Crippen LogP contribution is 2.38. The number of benzene rings is 4. The van der Waals surface area contributed by atoms with E-state index in [2.05, 4.69) is 0 Å². The Morgan fingerprint density at radius 3 is 1.96 bits per heavy atom. The Kier molecular flexibility index (Phi) is 4.66. The fraction of sp³-hybridized carbons (Fsp3) is 0.0800. The van der Waals surface area contributed by atoms with E-state index < -0.39 is 0 Å². The molecule has 3 heteroatoms. The van der Waals surface area contributed by atoms with Crippen LogP contribution < -0.4 is 0 Å². The molecule has 1 amide bonds. The average Bonchev–Trinajstić information content (AvgIpc) is 2.74. The largest absolute Gasteiger partial charge is 0.345 e. The van der Waals surface area contributed by atoms with Gasteiger partial charge in [-0.25, -0.2) is 4.39 Å². The zero-order valence-electron chi connectivity index (χ0n) is 15.8. The molecule has 138 valence electrons. The van der Waals surface area contributed by atoms with Crippen LogP contribution in [-0.2, 0) is 0 Å². The lowest BCUT2D eigenvalue weighted by molar-refractivity contribution is 0.0830. The van der Waals surface area contributed by atoms with Crippen molar-refractivity contribution in [2.24, 2.45) is 0 Å². The summed E-state index contributed by atoms with van der Waals surface area (Å²) in [5, 5.41) is 1.08. The highest BCUT2D eigenvalue weighted by molar-refractivity contribution is 6.13. The molecule has 0 unspecified atom stereocenters. The summed E-state index contributed by atoms with van der Waals surface area (Å²) in [4.78, 5) is 14.7. The van der Waals surface area contributed by atoms with Gasteiger partial charge in [0.05, 0.1) is 5.56 Å². The lowest BCUT2D eigenvalue weighted by Crippen LogP contribution is -2.23. The smallest absolute Gasteiger partial charge is 0.254 e. The van der Waals surface area contributed by atoms with Crippen molar-refractivity contribution in [2.45, 2.75) is 0 Å². The fourth-order valence-electron chi connectivity index (χ4n) is 3.58. The number of carbonyl (C=O) groups excluding carboxylic acids is 1. The van der Waals surface area contributed by atoms with Crippen molar-refractivity contribution in [1.29, 1.82) is 0 Å². The highest BCUT2D eigenvalue weighted by atomic mass is 19.1. The molecule has 0 heterocycles. The predicted octanol–water partition coefficient (Wildman–Crippen LogP) is 6.01. The maximum absolute atomic E-state index is 15.0. The minimum Gasteiger partial charge on any atom is -0.345 e. The number of halogens is 1. The zero-order chi connectivity index (χ0) is 19.7. The topological polar surface area (TPSA) is 20.3 Å². The van der Waals surface area contributed by atoms with Crippen LogP contribution in [0.3, 0.4) is 0 Å². The third-order valence-corrected chi connectivity index (χ3v) is 4.92. The molecule has 2 nitrogen and oxygen atoms in total. The van der Waals surface area contributed by atoms with Gasteiger partial charge in [-0.15, -0.1) is 0 Å². The number of fused-ring (bicyclic) bond motifs is 1. The van der Waals surface area contributed by atoms with Crippen molar-refractivity contribution >= 4 is 16.7 Å². The molecular formula is C25H20FNO. The maximum Gasteiger partial charge on any atom is 0.254 e. The molecule has 0 radical (unpaired) electrons. The van der Waals surface area contributed by atoms with Crippen LogP contribution in [0.15, 0.2) is 84.9 Å². The van der Waals surface area contributed by atoms with Gasteiger partial charge in [0.1, 0.15) is 5.82 Å². The first kappa shape index (κ1) is 17.9. The quantitative estimate of drug-likeness (QED) is 0.433. The Morgan fingerprint density at radius 2 is 1.29 bits per heavy atom. The van der Waals surface area contributed by atoms with Crippen LogP contribution in [0.1, 0.15) is 10.4 Å². The van der Waals surface area contributed by atoms with Crippen molar-refractivity contribution in [2.75, 3.05) is 14.1 Å². The van der Waals surface area contributed by atoms with E-state index in [9.17, 15) is 9.18 Å². The summed E-state index contributed by atoms with van der Waals surface area (Å²) in [7, 11) is 3.43. The van der Waals surface area contributed by atoms with Crippen LogP contribution in [0.2, 0.25) is 0 Å². The zero-order valence-corrected chi connectivity index (χ0v) is 15.8. The molecule has 0 saturated heterocycles. The third-order valence-electron chi connectivity index (χ3n) is 4.92. The van der Waals surface area contributed by atoms with E-state index in [4.69, 9.17) is 0 Å². The van der Waals surface area contributed by atoms with E-state index in [1.54, 1.807) is 26.2 Å². The molecule has 4 rings (SSSR count). The number of hydrogen-bond donors (Lipinski definition) is 0. The van der Waals surface area contributed by atoms with Gasteiger partial charge in [-0.2, -0.15) is 0 Å². The number of carbonyl (C=O) groups is 1. The van der Waals surface area contributed by atoms with Gasteiger partial charge < -0.3 is 4.90 Å². The number of amides is 1. The van der Waals surface area contributed by atoms with Crippen LogP contribution in [0, 0.1) is 5.82 Å². The van der Waals surface area contributed by atoms with E-state index in [0.717, 1.165) is 16.7 Å². The normalized spacial score (nSPS) is 10.8. The Balaban J connectivity index is 2.09. The molecule has 0 aromatic heterocycles. The second-order valence-corrected chi connectivity index (χ2v) is 6.94. The summed E-state index contributed by atoms with van der Waals surface area (Å²) in [5.41, 5.74) is 3.95. The van der Waals surface area contributed by atoms with E-state index >= 15 is 0 Å². The first-order valence-corrected chi connectivity index (χ1v) is 9.15. The highest BCUT2D eigenvalue weighted by Gasteiger charge is 2.22. The molecule has 4 aromatic rings. The van der Waals surface area contributed by atoms with Crippen LogP contribution in [0.4, 0.5) is 4.39 Å². The van der Waals surface area contributed by atoms with E-state index in [-0.39, 0.29) is 11.7 Å². The summed E-state index contributed by atoms with van der Waals surface area (Å²) >= 11 is 0.